The van der Waals surface area contributed by atoms with Crippen molar-refractivity contribution in [2.45, 2.75) is 9.79 Å². The van der Waals surface area contributed by atoms with Gasteiger partial charge in [0.2, 0.25) is 0 Å². The molecule has 0 atom stereocenters. The first kappa shape index (κ1) is 56.9. The Labute approximate surface area is 189 Å². The molecule has 0 spiro atoms. The Morgan fingerprint density at radius 3 is 0.774 bits per heavy atom. The molecular formula is C12H26O16S2Zn. The molecule has 0 unspecified atom stereocenters. The molecule has 18 N–H and O–H groups in total. The first-order chi connectivity index (χ1) is 10.00. The van der Waals surface area contributed by atoms with Gasteiger partial charge in [0.1, 0.15) is 31.7 Å². The maximum Gasteiger partial charge on any atom is 2.00 e. The minimum Gasteiger partial charge on any atom is -0.744 e. The maximum absolute atomic E-state index is 10.3. The van der Waals surface area contributed by atoms with Crippen LogP contribution >= 0.6 is 0 Å². The van der Waals surface area contributed by atoms with E-state index in [0.29, 0.717) is 0 Å². The molecule has 0 amide bonds. The molecule has 16 nitrogen and oxygen atoms in total. The van der Waals surface area contributed by atoms with Crippen LogP contribution in [0.15, 0.2) is 58.3 Å². The van der Waals surface area contributed by atoms with E-state index in [4.69, 9.17) is 10.2 Å². The molecule has 2 rings (SSSR count). The van der Waals surface area contributed by atoms with E-state index in [9.17, 15) is 25.9 Å². The van der Waals surface area contributed by atoms with Crippen LogP contribution in [0, 0.1) is 0 Å². The van der Waals surface area contributed by atoms with E-state index < -0.39 is 20.2 Å². The SMILES string of the molecule is O.O.O.O.O.O.O.O.O=S(=O)([O-])c1ccc(O)cc1.O=S(=O)([O-])c1ccc(O)cc1.[Zn+2]. The third-order valence-electron chi connectivity index (χ3n) is 2.25. The van der Waals surface area contributed by atoms with Crippen molar-refractivity contribution in [3.63, 3.8) is 0 Å². The molecule has 31 heavy (non-hydrogen) atoms. The molecule has 0 fully saturated rings. The van der Waals surface area contributed by atoms with Gasteiger partial charge in [0.25, 0.3) is 0 Å². The van der Waals surface area contributed by atoms with Crippen LogP contribution in [0.1, 0.15) is 0 Å². The second-order valence-electron chi connectivity index (χ2n) is 3.90. The normalized spacial score (nSPS) is 8.06. The summed E-state index contributed by atoms with van der Waals surface area (Å²) in [7, 11) is -8.76. The van der Waals surface area contributed by atoms with E-state index in [1.807, 2.05) is 0 Å². The van der Waals surface area contributed by atoms with Crippen molar-refractivity contribution in [2.75, 3.05) is 0 Å². The summed E-state index contributed by atoms with van der Waals surface area (Å²) < 4.78 is 61.8. The molecule has 0 bridgehead atoms. The van der Waals surface area contributed by atoms with Gasteiger partial charge in [-0.15, -0.1) is 0 Å². The molecule has 0 heterocycles. The zero-order chi connectivity index (χ0) is 17.0. The largest absolute Gasteiger partial charge is 2.00 e. The molecule has 0 aromatic heterocycles. The molecule has 0 aliphatic carbocycles. The number of aromatic hydroxyl groups is 2. The summed E-state index contributed by atoms with van der Waals surface area (Å²) >= 11 is 0. The van der Waals surface area contributed by atoms with Crippen LogP contribution in [0.2, 0.25) is 0 Å². The Morgan fingerprint density at radius 1 is 0.484 bits per heavy atom. The molecule has 0 aliphatic rings. The van der Waals surface area contributed by atoms with Crippen LogP contribution in [0.25, 0.3) is 0 Å². The standard InChI is InChI=1S/2C6H6O4S.8H2O.Zn/c2*7-5-1-3-6(4-2-5)11(8,9)10;;;;;;;;;/h2*1-4,7H,(H,8,9,10);8*1H2;/q;;;;;;;;;;+2/p-2. The summed E-state index contributed by atoms with van der Waals surface area (Å²) in [6, 6.07) is 8.79. The van der Waals surface area contributed by atoms with Crippen LogP contribution in [0.5, 0.6) is 11.5 Å². The molecule has 0 saturated heterocycles. The summed E-state index contributed by atoms with van der Waals surface area (Å²) in [5.41, 5.74) is 0. The zero-order valence-electron chi connectivity index (χ0n) is 15.5. The maximum atomic E-state index is 10.3. The van der Waals surface area contributed by atoms with E-state index in [1.165, 1.54) is 0 Å². The van der Waals surface area contributed by atoms with E-state index in [1.54, 1.807) is 0 Å². The number of rotatable bonds is 2. The topological polar surface area (TPSA) is 407 Å². The Kier molecular flexibility index (Phi) is 41.9. The van der Waals surface area contributed by atoms with Crippen LogP contribution in [-0.2, 0) is 39.7 Å². The molecule has 0 saturated carbocycles. The van der Waals surface area contributed by atoms with Crippen molar-refractivity contribution in [3.05, 3.63) is 48.5 Å². The van der Waals surface area contributed by atoms with Crippen molar-refractivity contribution >= 4 is 20.2 Å². The van der Waals surface area contributed by atoms with Crippen molar-refractivity contribution in [1.82, 2.24) is 0 Å². The second-order valence-corrected chi connectivity index (χ2v) is 6.66. The summed E-state index contributed by atoms with van der Waals surface area (Å²) in [5, 5.41) is 17.5. The van der Waals surface area contributed by atoms with Gasteiger partial charge in [-0.3, -0.25) is 0 Å². The molecule has 2 aromatic carbocycles. The fourth-order valence-corrected chi connectivity index (χ4v) is 2.16. The van der Waals surface area contributed by atoms with Gasteiger partial charge in [0.05, 0.1) is 9.79 Å². The first-order valence-corrected chi connectivity index (χ1v) is 8.31. The van der Waals surface area contributed by atoms with Gasteiger partial charge in [-0.2, -0.15) is 0 Å². The summed E-state index contributed by atoms with van der Waals surface area (Å²) in [6.45, 7) is 0. The van der Waals surface area contributed by atoms with Gasteiger partial charge >= 0.3 is 19.5 Å². The molecule has 0 aliphatic heterocycles. The van der Waals surface area contributed by atoms with Gasteiger partial charge in [-0.05, 0) is 48.5 Å². The molecule has 184 valence electrons. The minimum atomic E-state index is -4.38. The zero-order valence-corrected chi connectivity index (χ0v) is 20.1. The van der Waals surface area contributed by atoms with Crippen LogP contribution < -0.4 is 0 Å². The summed E-state index contributed by atoms with van der Waals surface area (Å²) in [6.07, 6.45) is 0. The first-order valence-electron chi connectivity index (χ1n) is 5.50. The molecule has 0 radical (unpaired) electrons. The average Bonchev–Trinajstić information content (AvgIpc) is 2.38. The fraction of sp³-hybridized carbons (Fsp3) is 0. The van der Waals surface area contributed by atoms with Crippen molar-refractivity contribution in [3.8, 4) is 11.5 Å². The number of benzene rings is 2. The summed E-state index contributed by atoms with van der Waals surface area (Å²) in [4.78, 5) is -0.675. The average molecular weight is 556 g/mol. The Hall–Kier alpha value is -1.84. The second kappa shape index (κ2) is 22.8. The Balaban J connectivity index is -0.0000000346. The third-order valence-corrected chi connectivity index (χ3v) is 3.95. The van der Waals surface area contributed by atoms with Crippen LogP contribution in [-0.4, -0.2) is 80.0 Å². The van der Waals surface area contributed by atoms with Crippen LogP contribution in [0.3, 0.4) is 0 Å². The van der Waals surface area contributed by atoms with Gasteiger partial charge in [0, 0.05) is 0 Å². The molecule has 2 aromatic rings. The van der Waals surface area contributed by atoms with E-state index in [0.717, 1.165) is 48.5 Å². The van der Waals surface area contributed by atoms with Gasteiger partial charge in [0.15, 0.2) is 0 Å². The van der Waals surface area contributed by atoms with Gasteiger partial charge in [-0.25, -0.2) is 16.8 Å². The molecular weight excluding hydrogens is 530 g/mol. The Bertz CT molecular complexity index is 764. The van der Waals surface area contributed by atoms with E-state index in [2.05, 4.69) is 0 Å². The number of phenolic OH excluding ortho intramolecular Hbond substituents is 2. The quantitative estimate of drug-likeness (QED) is 0.264. The smallest absolute Gasteiger partial charge is 0.744 e. The number of phenols is 2. The number of hydrogen-bond acceptors (Lipinski definition) is 8. The fourth-order valence-electron chi connectivity index (χ4n) is 1.23. The predicted molar refractivity (Wildman–Crippen MR) is 101 cm³/mol. The van der Waals surface area contributed by atoms with Gasteiger partial charge in [-0.1, -0.05) is 0 Å². The van der Waals surface area contributed by atoms with Crippen LogP contribution in [0.4, 0.5) is 0 Å². The summed E-state index contributed by atoms with van der Waals surface area (Å²) in [5.74, 6) is -0.144. The monoisotopic (exact) mass is 554 g/mol. The van der Waals surface area contributed by atoms with E-state index >= 15 is 0 Å². The van der Waals surface area contributed by atoms with Crippen molar-refractivity contribution < 1.29 is 99.4 Å². The minimum absolute atomic E-state index is 0. The predicted octanol–water partition coefficient (Wildman–Crippen LogP) is -6.01. The van der Waals surface area contributed by atoms with Crippen molar-refractivity contribution in [1.29, 1.82) is 0 Å². The molecule has 19 heteroatoms. The van der Waals surface area contributed by atoms with Crippen molar-refractivity contribution in [2.24, 2.45) is 0 Å². The van der Waals surface area contributed by atoms with Gasteiger partial charge < -0.3 is 63.1 Å². The third kappa shape index (κ3) is 21.2. The Morgan fingerprint density at radius 2 is 0.645 bits per heavy atom. The van der Waals surface area contributed by atoms with E-state index in [-0.39, 0.29) is 84.6 Å². The number of hydrogen-bond donors (Lipinski definition) is 2.